The molecule has 3 heterocycles. The van der Waals surface area contributed by atoms with Crippen LogP contribution in [0.3, 0.4) is 0 Å². The highest BCUT2D eigenvalue weighted by Gasteiger charge is 2.45. The Kier molecular flexibility index (Phi) is 6.02. The predicted molar refractivity (Wildman–Crippen MR) is 124 cm³/mol. The smallest absolute Gasteiger partial charge is 0.172 e. The first-order valence-corrected chi connectivity index (χ1v) is 11.7. The molecule has 5 rings (SSSR count). The number of hydrogen-bond acceptors (Lipinski definition) is 7. The molecule has 4 atom stereocenters. The largest absolute Gasteiger partial charge is 0.394 e. The quantitative estimate of drug-likeness (QED) is 0.365. The molecule has 1 aliphatic heterocycles. The third-order valence-electron chi connectivity index (χ3n) is 5.45. The number of rotatable bonds is 5. The Morgan fingerprint density at radius 3 is 2.44 bits per heavy atom. The van der Waals surface area contributed by atoms with Gasteiger partial charge >= 0.3 is 0 Å². The summed E-state index contributed by atoms with van der Waals surface area (Å²) in [6, 6.07) is 15.2. The molecule has 10 heteroatoms. The Balaban J connectivity index is 1.64. The number of nitrogens with zero attached hydrogens (tertiary/aromatic N) is 3. The van der Waals surface area contributed by atoms with Crippen molar-refractivity contribution in [2.45, 2.75) is 35.4 Å². The molecule has 0 aliphatic carbocycles. The first kappa shape index (κ1) is 21.9. The summed E-state index contributed by atoms with van der Waals surface area (Å²) in [6.45, 7) is -0.418. The van der Waals surface area contributed by atoms with E-state index in [4.69, 9.17) is 37.9 Å². The molecule has 4 unspecified atom stereocenters. The molecular weight excluding hydrogens is 473 g/mol. The van der Waals surface area contributed by atoms with E-state index in [2.05, 4.69) is 0 Å². The number of hydrogen-bond donors (Lipinski definition) is 3. The maximum atomic E-state index is 10.7. The number of thioether (sulfide) groups is 1. The van der Waals surface area contributed by atoms with Crippen molar-refractivity contribution in [3.05, 3.63) is 64.1 Å². The van der Waals surface area contributed by atoms with Crippen LogP contribution < -0.4 is 0 Å². The molecule has 4 aromatic rings. The SMILES string of the molecule is OCC1OC(n2c(SCc3ccccc3)nc3cc4cc(Cl)c(Cl)cc4nc32)C(O)C1O. The minimum Gasteiger partial charge on any atom is -0.394 e. The summed E-state index contributed by atoms with van der Waals surface area (Å²) in [4.78, 5) is 9.46. The fraction of sp³-hybridized carbons (Fsp3) is 0.273. The molecule has 2 aromatic carbocycles. The Morgan fingerprint density at radius 1 is 0.969 bits per heavy atom. The van der Waals surface area contributed by atoms with Gasteiger partial charge in [0.2, 0.25) is 0 Å². The van der Waals surface area contributed by atoms with E-state index in [0.29, 0.717) is 37.6 Å². The van der Waals surface area contributed by atoms with Crippen molar-refractivity contribution in [1.82, 2.24) is 14.5 Å². The van der Waals surface area contributed by atoms with Crippen molar-refractivity contribution in [3.8, 4) is 0 Å². The zero-order valence-electron chi connectivity index (χ0n) is 16.6. The van der Waals surface area contributed by atoms with E-state index in [1.165, 1.54) is 11.8 Å². The molecule has 0 spiro atoms. The number of pyridine rings is 1. The lowest BCUT2D eigenvalue weighted by molar-refractivity contribution is -0.0548. The average molecular weight is 492 g/mol. The molecule has 166 valence electrons. The minimum absolute atomic E-state index is 0.378. The number of benzene rings is 2. The number of halogens is 2. The highest BCUT2D eigenvalue weighted by molar-refractivity contribution is 7.98. The first-order valence-electron chi connectivity index (χ1n) is 9.93. The van der Waals surface area contributed by atoms with E-state index in [-0.39, 0.29) is 0 Å². The van der Waals surface area contributed by atoms with Gasteiger partial charge in [-0.25, -0.2) is 9.97 Å². The predicted octanol–water partition coefficient (Wildman–Crippen LogP) is 3.80. The molecule has 1 aliphatic rings. The van der Waals surface area contributed by atoms with Crippen LogP contribution in [0.25, 0.3) is 22.1 Å². The minimum atomic E-state index is -1.26. The summed E-state index contributed by atoms with van der Waals surface area (Å²) in [5, 5.41) is 32.7. The third-order valence-corrected chi connectivity index (χ3v) is 7.20. The van der Waals surface area contributed by atoms with Gasteiger partial charge in [-0.05, 0) is 23.8 Å². The lowest BCUT2D eigenvalue weighted by atomic mass is 10.1. The zero-order valence-corrected chi connectivity index (χ0v) is 18.9. The van der Waals surface area contributed by atoms with Crippen LogP contribution in [0.5, 0.6) is 0 Å². The van der Waals surface area contributed by atoms with Gasteiger partial charge in [-0.1, -0.05) is 65.3 Å². The monoisotopic (exact) mass is 491 g/mol. The van der Waals surface area contributed by atoms with Gasteiger partial charge < -0.3 is 20.1 Å². The van der Waals surface area contributed by atoms with Crippen LogP contribution in [0.1, 0.15) is 11.8 Å². The van der Waals surface area contributed by atoms with E-state index in [1.54, 1.807) is 16.7 Å². The molecule has 0 bridgehead atoms. The third kappa shape index (κ3) is 3.86. The molecule has 0 saturated carbocycles. The van der Waals surface area contributed by atoms with Crippen LogP contribution in [0.2, 0.25) is 10.0 Å². The van der Waals surface area contributed by atoms with Crippen molar-refractivity contribution in [2.75, 3.05) is 6.61 Å². The standard InChI is InChI=1S/C22H19Cl2N3O4S/c23-13-6-12-7-16-20(25-15(12)8-14(13)24)27(21-19(30)18(29)17(9-28)31-21)22(26-16)32-10-11-4-2-1-3-5-11/h1-8,17-19,21,28-30H,9-10H2. The average Bonchev–Trinajstić information content (AvgIpc) is 3.28. The highest BCUT2D eigenvalue weighted by atomic mass is 35.5. The molecule has 1 saturated heterocycles. The van der Waals surface area contributed by atoms with Gasteiger partial charge in [-0.15, -0.1) is 0 Å². The lowest BCUT2D eigenvalue weighted by Crippen LogP contribution is -2.33. The van der Waals surface area contributed by atoms with Crippen LogP contribution in [0.4, 0.5) is 0 Å². The highest BCUT2D eigenvalue weighted by Crippen LogP contribution is 2.38. The molecular formula is C22H19Cl2N3O4S. The van der Waals surface area contributed by atoms with Crippen molar-refractivity contribution in [3.63, 3.8) is 0 Å². The number of imidazole rings is 1. The van der Waals surface area contributed by atoms with E-state index < -0.39 is 31.1 Å². The van der Waals surface area contributed by atoms with Crippen molar-refractivity contribution >= 4 is 57.0 Å². The number of fused-ring (bicyclic) bond motifs is 2. The van der Waals surface area contributed by atoms with E-state index >= 15 is 0 Å². The summed E-state index contributed by atoms with van der Waals surface area (Å²) < 4.78 is 7.48. The maximum Gasteiger partial charge on any atom is 0.172 e. The molecule has 32 heavy (non-hydrogen) atoms. The Bertz CT molecular complexity index is 1290. The summed E-state index contributed by atoms with van der Waals surface area (Å²) >= 11 is 13.8. The Morgan fingerprint density at radius 2 is 1.72 bits per heavy atom. The van der Waals surface area contributed by atoms with Crippen LogP contribution in [0.15, 0.2) is 53.7 Å². The van der Waals surface area contributed by atoms with Crippen LogP contribution in [-0.2, 0) is 10.5 Å². The van der Waals surface area contributed by atoms with Crippen molar-refractivity contribution in [2.24, 2.45) is 0 Å². The summed E-state index contributed by atoms with van der Waals surface area (Å²) in [7, 11) is 0. The Labute approximate surface area is 197 Å². The van der Waals surface area contributed by atoms with E-state index in [0.717, 1.165) is 10.9 Å². The topological polar surface area (TPSA) is 101 Å². The molecule has 2 aromatic heterocycles. The molecule has 0 radical (unpaired) electrons. The fourth-order valence-electron chi connectivity index (χ4n) is 3.80. The number of aliphatic hydroxyl groups excluding tert-OH is 3. The van der Waals surface area contributed by atoms with Crippen LogP contribution in [0, 0.1) is 0 Å². The van der Waals surface area contributed by atoms with E-state index in [1.807, 2.05) is 36.4 Å². The van der Waals surface area contributed by atoms with Crippen molar-refractivity contribution in [1.29, 1.82) is 0 Å². The second kappa shape index (κ2) is 8.79. The fourth-order valence-corrected chi connectivity index (χ4v) is 5.11. The van der Waals surface area contributed by atoms with Gasteiger partial charge in [-0.2, -0.15) is 0 Å². The molecule has 7 nitrogen and oxygen atoms in total. The van der Waals surface area contributed by atoms with Crippen LogP contribution in [-0.4, -0.2) is 54.8 Å². The molecule has 3 N–H and O–H groups in total. The first-order chi connectivity index (χ1) is 15.5. The summed E-state index contributed by atoms with van der Waals surface area (Å²) in [6.07, 6.45) is -4.36. The Hall–Kier alpha value is -1.91. The normalized spacial score (nSPS) is 23.4. The van der Waals surface area contributed by atoms with Gasteiger partial charge in [0.1, 0.15) is 23.8 Å². The van der Waals surface area contributed by atoms with Gasteiger partial charge in [0, 0.05) is 11.1 Å². The van der Waals surface area contributed by atoms with Gasteiger partial charge in [0.05, 0.1) is 22.2 Å². The van der Waals surface area contributed by atoms with Crippen molar-refractivity contribution < 1.29 is 20.1 Å². The maximum absolute atomic E-state index is 10.7. The lowest BCUT2D eigenvalue weighted by Gasteiger charge is -2.19. The van der Waals surface area contributed by atoms with Crippen LogP contribution >= 0.6 is 35.0 Å². The van der Waals surface area contributed by atoms with Gasteiger partial charge in [0.15, 0.2) is 17.0 Å². The summed E-state index contributed by atoms with van der Waals surface area (Å²) in [5.74, 6) is 0.635. The molecule has 1 fully saturated rings. The number of aliphatic hydroxyl groups is 3. The second-order valence-electron chi connectivity index (χ2n) is 7.56. The number of ether oxygens (including phenoxy) is 1. The second-order valence-corrected chi connectivity index (χ2v) is 9.31. The summed E-state index contributed by atoms with van der Waals surface area (Å²) in [5.41, 5.74) is 2.78. The van der Waals surface area contributed by atoms with Gasteiger partial charge in [0.25, 0.3) is 0 Å². The zero-order chi connectivity index (χ0) is 22.4. The van der Waals surface area contributed by atoms with Gasteiger partial charge in [-0.3, -0.25) is 4.57 Å². The van der Waals surface area contributed by atoms with E-state index in [9.17, 15) is 15.3 Å². The number of aromatic nitrogens is 3. The molecule has 0 amide bonds.